The first kappa shape index (κ1) is 11.9. The van der Waals surface area contributed by atoms with E-state index in [0.717, 1.165) is 4.47 Å². The fourth-order valence-electron chi connectivity index (χ4n) is 1.06. The highest BCUT2D eigenvalue weighted by molar-refractivity contribution is 9.10. The second-order valence-corrected chi connectivity index (χ2v) is 6.10. The molecule has 82 valence electrons. The molecule has 2 aromatic rings. The Morgan fingerprint density at radius 3 is 3.00 bits per heavy atom. The first-order chi connectivity index (χ1) is 7.69. The number of hydrogen-bond donors (Lipinski definition) is 1. The highest BCUT2D eigenvalue weighted by Gasteiger charge is 2.08. The van der Waals surface area contributed by atoms with E-state index in [-0.39, 0.29) is 5.15 Å². The minimum atomic E-state index is 0.266. The lowest BCUT2D eigenvalue weighted by Gasteiger charge is -1.97. The molecule has 0 aliphatic heterocycles. The van der Waals surface area contributed by atoms with Gasteiger partial charge in [0.2, 0.25) is 0 Å². The molecule has 0 saturated heterocycles. The van der Waals surface area contributed by atoms with Gasteiger partial charge in [0.1, 0.15) is 10.9 Å². The van der Waals surface area contributed by atoms with Crippen LogP contribution in [-0.2, 0) is 6.54 Å². The number of hydrogen-bond acceptors (Lipinski definition) is 5. The Morgan fingerprint density at radius 2 is 2.44 bits per heavy atom. The summed E-state index contributed by atoms with van der Waals surface area (Å²) in [6.45, 7) is 0.685. The maximum Gasteiger partial charge on any atom is 0.185 e. The summed E-state index contributed by atoms with van der Waals surface area (Å²) in [5.41, 5.74) is 0. The van der Waals surface area contributed by atoms with Crippen LogP contribution in [0.1, 0.15) is 9.75 Å². The Hall–Kier alpha value is -0.610. The predicted molar refractivity (Wildman–Crippen MR) is 71.2 cm³/mol. The largest absolute Gasteiger partial charge is 0.357 e. The number of thiazole rings is 1. The normalized spacial score (nSPS) is 10.1. The van der Waals surface area contributed by atoms with Crippen molar-refractivity contribution in [1.29, 1.82) is 5.26 Å². The van der Waals surface area contributed by atoms with Crippen molar-refractivity contribution in [2.45, 2.75) is 6.54 Å². The standard InChI is InChI=1S/C9H5BrClN3S2/c10-5-1-6(15-4-5)3-13-9-14-8(11)7(2-12)16-9/h1,4H,3H2,(H,13,14). The van der Waals surface area contributed by atoms with E-state index in [9.17, 15) is 0 Å². The van der Waals surface area contributed by atoms with Crippen molar-refractivity contribution in [3.8, 4) is 6.07 Å². The molecule has 0 aliphatic rings. The zero-order valence-corrected chi connectivity index (χ0v) is 11.8. The topological polar surface area (TPSA) is 48.7 Å². The lowest BCUT2D eigenvalue weighted by Crippen LogP contribution is -1.96. The van der Waals surface area contributed by atoms with E-state index in [1.54, 1.807) is 11.3 Å². The summed E-state index contributed by atoms with van der Waals surface area (Å²) in [6.07, 6.45) is 0. The molecule has 0 aliphatic carbocycles. The molecule has 1 N–H and O–H groups in total. The smallest absolute Gasteiger partial charge is 0.185 e. The monoisotopic (exact) mass is 333 g/mol. The molecular weight excluding hydrogens is 330 g/mol. The Balaban J connectivity index is 2.02. The number of rotatable bonds is 3. The van der Waals surface area contributed by atoms with E-state index in [1.807, 2.05) is 17.5 Å². The fourth-order valence-corrected chi connectivity index (χ4v) is 3.39. The molecule has 0 amide bonds. The van der Waals surface area contributed by atoms with Gasteiger partial charge in [-0.05, 0) is 22.0 Å². The molecule has 0 unspecified atom stereocenters. The maximum absolute atomic E-state index is 8.72. The van der Waals surface area contributed by atoms with Gasteiger partial charge in [0.15, 0.2) is 10.3 Å². The van der Waals surface area contributed by atoms with Gasteiger partial charge in [0.05, 0.1) is 6.54 Å². The summed E-state index contributed by atoms with van der Waals surface area (Å²) in [5.74, 6) is 0. The minimum Gasteiger partial charge on any atom is -0.357 e. The molecule has 0 radical (unpaired) electrons. The lowest BCUT2D eigenvalue weighted by molar-refractivity contribution is 1.17. The van der Waals surface area contributed by atoms with Crippen LogP contribution in [0.5, 0.6) is 0 Å². The van der Waals surface area contributed by atoms with Crippen LogP contribution in [0.3, 0.4) is 0 Å². The van der Waals surface area contributed by atoms with Crippen LogP contribution in [0.4, 0.5) is 5.13 Å². The average molecular weight is 335 g/mol. The summed E-state index contributed by atoms with van der Waals surface area (Å²) in [5, 5.41) is 14.8. The average Bonchev–Trinajstić information content (AvgIpc) is 2.82. The maximum atomic E-state index is 8.72. The van der Waals surface area contributed by atoms with Gasteiger partial charge in [0, 0.05) is 14.7 Å². The predicted octanol–water partition coefficient (Wildman–Crippen LogP) is 4.10. The third-order valence-corrected chi connectivity index (χ3v) is 4.72. The molecule has 2 aromatic heterocycles. The molecule has 0 aromatic carbocycles. The molecule has 0 saturated carbocycles. The molecular formula is C9H5BrClN3S2. The third-order valence-electron chi connectivity index (χ3n) is 1.72. The van der Waals surface area contributed by atoms with Gasteiger partial charge in [-0.25, -0.2) is 4.98 Å². The first-order valence-electron chi connectivity index (χ1n) is 4.22. The second-order valence-electron chi connectivity index (χ2n) is 2.84. The fraction of sp³-hybridized carbons (Fsp3) is 0.111. The molecule has 0 bridgehead atoms. The van der Waals surface area contributed by atoms with Crippen molar-refractivity contribution in [3.05, 3.63) is 30.8 Å². The zero-order chi connectivity index (χ0) is 11.5. The molecule has 0 fully saturated rings. The van der Waals surface area contributed by atoms with Gasteiger partial charge in [0.25, 0.3) is 0 Å². The molecule has 3 nitrogen and oxygen atoms in total. The number of anilines is 1. The Bertz CT molecular complexity index is 543. The van der Waals surface area contributed by atoms with Crippen molar-refractivity contribution >= 4 is 55.3 Å². The number of nitrogens with zero attached hydrogens (tertiary/aromatic N) is 2. The Morgan fingerprint density at radius 1 is 1.62 bits per heavy atom. The summed E-state index contributed by atoms with van der Waals surface area (Å²) >= 11 is 12.1. The Kier molecular flexibility index (Phi) is 3.82. The SMILES string of the molecule is N#Cc1sc(NCc2cc(Br)cs2)nc1Cl. The van der Waals surface area contributed by atoms with Crippen LogP contribution in [0.15, 0.2) is 15.9 Å². The minimum absolute atomic E-state index is 0.266. The van der Waals surface area contributed by atoms with Crippen molar-refractivity contribution < 1.29 is 0 Å². The quantitative estimate of drug-likeness (QED) is 0.919. The van der Waals surface area contributed by atoms with E-state index in [1.165, 1.54) is 16.2 Å². The summed E-state index contributed by atoms with van der Waals surface area (Å²) in [7, 11) is 0. The summed E-state index contributed by atoms with van der Waals surface area (Å²) in [4.78, 5) is 5.68. The van der Waals surface area contributed by atoms with Crippen molar-refractivity contribution in [2.75, 3.05) is 5.32 Å². The van der Waals surface area contributed by atoms with E-state index < -0.39 is 0 Å². The molecule has 2 rings (SSSR count). The molecule has 7 heteroatoms. The van der Waals surface area contributed by atoms with E-state index >= 15 is 0 Å². The Labute approximate surface area is 114 Å². The van der Waals surface area contributed by atoms with Crippen LogP contribution in [0, 0.1) is 11.3 Å². The van der Waals surface area contributed by atoms with Crippen LogP contribution in [-0.4, -0.2) is 4.98 Å². The number of halogens is 2. The molecule has 2 heterocycles. The highest BCUT2D eigenvalue weighted by Crippen LogP contribution is 2.27. The summed E-state index contributed by atoms with van der Waals surface area (Å²) < 4.78 is 1.07. The third kappa shape index (κ3) is 2.74. The van der Waals surface area contributed by atoms with Crippen LogP contribution in [0.25, 0.3) is 0 Å². The van der Waals surface area contributed by atoms with E-state index in [2.05, 4.69) is 26.2 Å². The van der Waals surface area contributed by atoms with Gasteiger partial charge in [-0.2, -0.15) is 5.26 Å². The number of aromatic nitrogens is 1. The second kappa shape index (κ2) is 5.15. The number of nitriles is 1. The van der Waals surface area contributed by atoms with Crippen LogP contribution in [0.2, 0.25) is 5.15 Å². The van der Waals surface area contributed by atoms with Crippen molar-refractivity contribution in [1.82, 2.24) is 4.98 Å². The van der Waals surface area contributed by atoms with Gasteiger partial charge in [-0.3, -0.25) is 0 Å². The summed E-state index contributed by atoms with van der Waals surface area (Å²) in [6, 6.07) is 4.04. The van der Waals surface area contributed by atoms with Gasteiger partial charge in [-0.1, -0.05) is 22.9 Å². The molecule has 16 heavy (non-hydrogen) atoms. The first-order valence-corrected chi connectivity index (χ1v) is 7.09. The number of nitrogens with one attached hydrogen (secondary N) is 1. The van der Waals surface area contributed by atoms with Gasteiger partial charge in [-0.15, -0.1) is 11.3 Å². The van der Waals surface area contributed by atoms with Crippen LogP contribution < -0.4 is 5.32 Å². The number of thiophene rings is 1. The lowest BCUT2D eigenvalue weighted by atomic mass is 10.5. The van der Waals surface area contributed by atoms with Crippen molar-refractivity contribution in [3.63, 3.8) is 0 Å². The van der Waals surface area contributed by atoms with E-state index in [0.29, 0.717) is 16.6 Å². The van der Waals surface area contributed by atoms with Crippen LogP contribution >= 0.6 is 50.2 Å². The zero-order valence-electron chi connectivity index (χ0n) is 7.83. The highest BCUT2D eigenvalue weighted by atomic mass is 79.9. The van der Waals surface area contributed by atoms with Gasteiger partial charge >= 0.3 is 0 Å². The molecule has 0 atom stereocenters. The van der Waals surface area contributed by atoms with Crippen molar-refractivity contribution in [2.24, 2.45) is 0 Å². The van der Waals surface area contributed by atoms with Gasteiger partial charge < -0.3 is 5.32 Å². The van der Waals surface area contributed by atoms with E-state index in [4.69, 9.17) is 16.9 Å². The molecule has 0 spiro atoms.